The van der Waals surface area contributed by atoms with Crippen LogP contribution in [0.2, 0.25) is 5.02 Å². The Hall–Kier alpha value is -1.38. The van der Waals surface area contributed by atoms with Crippen molar-refractivity contribution in [2.75, 3.05) is 6.54 Å². The number of aryl methyl sites for hydroxylation is 2. The van der Waals surface area contributed by atoms with Crippen LogP contribution in [0, 0.1) is 19.7 Å². The molecule has 1 unspecified atom stereocenters. The number of nitrogens with one attached hydrogen (secondary N) is 1. The van der Waals surface area contributed by atoms with Crippen LogP contribution in [0.1, 0.15) is 35.2 Å². The number of benzene rings is 2. The van der Waals surface area contributed by atoms with E-state index in [1.807, 2.05) is 0 Å². The van der Waals surface area contributed by atoms with Crippen LogP contribution in [0.5, 0.6) is 0 Å². The van der Waals surface area contributed by atoms with Gasteiger partial charge in [0.2, 0.25) is 0 Å². The van der Waals surface area contributed by atoms with Crippen molar-refractivity contribution in [3.05, 3.63) is 69.5 Å². The molecule has 0 aliphatic rings. The topological polar surface area (TPSA) is 12.0 Å². The summed E-state index contributed by atoms with van der Waals surface area (Å²) < 4.78 is 14.1. The van der Waals surface area contributed by atoms with E-state index in [0.29, 0.717) is 12.0 Å². The van der Waals surface area contributed by atoms with Crippen LogP contribution in [0.15, 0.2) is 36.4 Å². The fourth-order valence-electron chi connectivity index (χ4n) is 2.69. The lowest BCUT2D eigenvalue weighted by Crippen LogP contribution is -2.23. The zero-order valence-corrected chi connectivity index (χ0v) is 13.5. The van der Waals surface area contributed by atoms with E-state index in [1.165, 1.54) is 16.7 Å². The third-order valence-electron chi connectivity index (χ3n) is 3.55. The second-order valence-corrected chi connectivity index (χ2v) is 5.86. The molecule has 2 aromatic rings. The third-order valence-corrected chi connectivity index (χ3v) is 3.84. The first kappa shape index (κ1) is 16.0. The van der Waals surface area contributed by atoms with Crippen molar-refractivity contribution < 1.29 is 4.39 Å². The molecule has 0 aliphatic carbocycles. The van der Waals surface area contributed by atoms with Crippen molar-refractivity contribution in [3.8, 4) is 0 Å². The number of hydrogen-bond acceptors (Lipinski definition) is 1. The van der Waals surface area contributed by atoms with Crippen LogP contribution < -0.4 is 5.32 Å². The Morgan fingerprint density at radius 1 is 1.14 bits per heavy atom. The molecule has 0 fully saturated rings. The van der Waals surface area contributed by atoms with Crippen LogP contribution >= 0.6 is 11.6 Å². The summed E-state index contributed by atoms with van der Waals surface area (Å²) in [6, 6.07) is 11.7. The van der Waals surface area contributed by atoms with Gasteiger partial charge in [-0.3, -0.25) is 0 Å². The minimum Gasteiger partial charge on any atom is -0.310 e. The summed E-state index contributed by atoms with van der Waals surface area (Å²) >= 11 is 5.88. The van der Waals surface area contributed by atoms with E-state index >= 15 is 0 Å². The Morgan fingerprint density at radius 2 is 1.81 bits per heavy atom. The van der Waals surface area contributed by atoms with E-state index in [0.717, 1.165) is 6.54 Å². The van der Waals surface area contributed by atoms with E-state index in [9.17, 15) is 4.39 Å². The minimum absolute atomic E-state index is 0.0848. The molecule has 2 rings (SSSR count). The molecule has 1 atom stereocenters. The molecule has 0 amide bonds. The second-order valence-electron chi connectivity index (χ2n) is 5.45. The number of likely N-dealkylation sites (N-methyl/N-ethyl adjacent to an activating group) is 1. The molecule has 112 valence electrons. The Kier molecular flexibility index (Phi) is 5.38. The molecule has 0 aliphatic heterocycles. The van der Waals surface area contributed by atoms with Crippen molar-refractivity contribution in [2.45, 2.75) is 33.2 Å². The van der Waals surface area contributed by atoms with Crippen LogP contribution in [0.25, 0.3) is 0 Å². The Labute approximate surface area is 131 Å². The SMILES string of the molecule is CCNC(Cc1cccc(Cl)c1F)c1cc(C)cc(C)c1. The Morgan fingerprint density at radius 3 is 2.43 bits per heavy atom. The van der Waals surface area contributed by atoms with Gasteiger partial charge in [0.25, 0.3) is 0 Å². The lowest BCUT2D eigenvalue weighted by molar-refractivity contribution is 0.527. The standard InChI is InChI=1S/C18H21ClFN/c1-4-21-17(15-9-12(2)8-13(3)10-15)11-14-6-5-7-16(19)18(14)20/h5-10,17,21H,4,11H2,1-3H3. The van der Waals surface area contributed by atoms with E-state index < -0.39 is 0 Å². The van der Waals surface area contributed by atoms with E-state index in [-0.39, 0.29) is 16.9 Å². The Balaban J connectivity index is 2.32. The summed E-state index contributed by atoms with van der Waals surface area (Å²) in [4.78, 5) is 0. The maximum absolute atomic E-state index is 14.1. The smallest absolute Gasteiger partial charge is 0.145 e. The molecule has 0 aromatic heterocycles. The molecule has 0 spiro atoms. The highest BCUT2D eigenvalue weighted by Crippen LogP contribution is 2.25. The van der Waals surface area contributed by atoms with Crippen molar-refractivity contribution >= 4 is 11.6 Å². The number of rotatable bonds is 5. The highest BCUT2D eigenvalue weighted by atomic mass is 35.5. The van der Waals surface area contributed by atoms with Crippen LogP contribution in [-0.2, 0) is 6.42 Å². The second kappa shape index (κ2) is 7.06. The lowest BCUT2D eigenvalue weighted by Gasteiger charge is -2.20. The largest absolute Gasteiger partial charge is 0.310 e. The number of hydrogen-bond donors (Lipinski definition) is 1. The van der Waals surface area contributed by atoms with Gasteiger partial charge in [0, 0.05) is 6.04 Å². The van der Waals surface area contributed by atoms with Gasteiger partial charge in [-0.15, -0.1) is 0 Å². The summed E-state index contributed by atoms with van der Waals surface area (Å²) in [5.74, 6) is -0.313. The van der Waals surface area contributed by atoms with Gasteiger partial charge in [-0.1, -0.05) is 60.0 Å². The molecule has 0 radical (unpaired) electrons. The quantitative estimate of drug-likeness (QED) is 0.820. The molecule has 1 N–H and O–H groups in total. The molecule has 0 saturated heterocycles. The minimum atomic E-state index is -0.313. The maximum atomic E-state index is 14.1. The monoisotopic (exact) mass is 305 g/mol. The van der Waals surface area contributed by atoms with Gasteiger partial charge in [-0.05, 0) is 44.0 Å². The lowest BCUT2D eigenvalue weighted by atomic mass is 9.95. The molecule has 21 heavy (non-hydrogen) atoms. The summed E-state index contributed by atoms with van der Waals surface area (Å²) in [5, 5.41) is 3.62. The van der Waals surface area contributed by atoms with Crippen molar-refractivity contribution in [1.29, 1.82) is 0 Å². The van der Waals surface area contributed by atoms with Gasteiger partial charge >= 0.3 is 0 Å². The normalized spacial score (nSPS) is 12.4. The first-order chi connectivity index (χ1) is 10.0. The van der Waals surface area contributed by atoms with Crippen molar-refractivity contribution in [1.82, 2.24) is 5.32 Å². The van der Waals surface area contributed by atoms with Gasteiger partial charge in [0.05, 0.1) is 5.02 Å². The summed E-state index contributed by atoms with van der Waals surface area (Å²) in [6.07, 6.45) is 0.586. The van der Waals surface area contributed by atoms with Crippen molar-refractivity contribution in [2.24, 2.45) is 0 Å². The molecule has 2 aromatic carbocycles. The van der Waals surface area contributed by atoms with E-state index in [2.05, 4.69) is 44.3 Å². The van der Waals surface area contributed by atoms with Gasteiger partial charge in [0.15, 0.2) is 0 Å². The molecule has 0 bridgehead atoms. The average Bonchev–Trinajstić information content (AvgIpc) is 2.42. The molecule has 1 nitrogen and oxygen atoms in total. The first-order valence-electron chi connectivity index (χ1n) is 7.25. The van der Waals surface area contributed by atoms with Crippen molar-refractivity contribution in [3.63, 3.8) is 0 Å². The zero-order valence-electron chi connectivity index (χ0n) is 12.7. The Bertz CT molecular complexity index is 604. The van der Waals surface area contributed by atoms with E-state index in [4.69, 9.17) is 11.6 Å². The average molecular weight is 306 g/mol. The molecule has 0 heterocycles. The fraction of sp³-hybridized carbons (Fsp3) is 0.333. The predicted molar refractivity (Wildman–Crippen MR) is 87.4 cm³/mol. The maximum Gasteiger partial charge on any atom is 0.145 e. The van der Waals surface area contributed by atoms with E-state index in [1.54, 1.807) is 18.2 Å². The van der Waals surface area contributed by atoms with Gasteiger partial charge < -0.3 is 5.32 Å². The number of halogens is 2. The highest BCUT2D eigenvalue weighted by Gasteiger charge is 2.15. The third kappa shape index (κ3) is 4.05. The van der Waals surface area contributed by atoms with Crippen LogP contribution in [0.3, 0.4) is 0 Å². The summed E-state index contributed by atoms with van der Waals surface area (Å²) in [5.41, 5.74) is 4.28. The first-order valence-corrected chi connectivity index (χ1v) is 7.63. The summed E-state index contributed by atoms with van der Waals surface area (Å²) in [7, 11) is 0. The van der Waals surface area contributed by atoms with Crippen LogP contribution in [0.4, 0.5) is 4.39 Å². The van der Waals surface area contributed by atoms with Gasteiger partial charge in [-0.25, -0.2) is 4.39 Å². The molecule has 3 heteroatoms. The predicted octanol–water partition coefficient (Wildman–Crippen LogP) is 4.99. The molecular weight excluding hydrogens is 285 g/mol. The fourth-order valence-corrected chi connectivity index (χ4v) is 2.89. The summed E-state index contributed by atoms with van der Waals surface area (Å²) in [6.45, 7) is 7.06. The van der Waals surface area contributed by atoms with Crippen LogP contribution in [-0.4, -0.2) is 6.54 Å². The molecule has 0 saturated carbocycles. The van der Waals surface area contributed by atoms with Gasteiger partial charge in [-0.2, -0.15) is 0 Å². The molecular formula is C18H21ClFN. The zero-order chi connectivity index (χ0) is 15.4. The van der Waals surface area contributed by atoms with Gasteiger partial charge in [0.1, 0.15) is 5.82 Å². The highest BCUT2D eigenvalue weighted by molar-refractivity contribution is 6.30.